The van der Waals surface area contributed by atoms with Crippen LogP contribution in [0.1, 0.15) is 37.3 Å². The zero-order valence-electron chi connectivity index (χ0n) is 13.1. The molecule has 0 N–H and O–H groups in total. The molecule has 1 fully saturated rings. The Hall–Kier alpha value is -2.11. The summed E-state index contributed by atoms with van der Waals surface area (Å²) in [6, 6.07) is 5.13. The first-order chi connectivity index (χ1) is 10.4. The van der Waals surface area contributed by atoms with Crippen molar-refractivity contribution in [2.45, 2.75) is 39.2 Å². The molecule has 1 aliphatic carbocycles. The first kappa shape index (κ1) is 16.3. The van der Waals surface area contributed by atoms with E-state index >= 15 is 0 Å². The van der Waals surface area contributed by atoms with Gasteiger partial charge in [-0.05, 0) is 36.1 Å². The normalized spacial score (nSPS) is 19.8. The Morgan fingerprint density at radius 3 is 2.68 bits per heavy atom. The number of benzene rings is 1. The van der Waals surface area contributed by atoms with E-state index in [9.17, 15) is 14.9 Å². The second kappa shape index (κ2) is 6.77. The molecule has 0 heterocycles. The highest BCUT2D eigenvalue weighted by Gasteiger charge is 2.54. The summed E-state index contributed by atoms with van der Waals surface area (Å²) in [5.41, 5.74) is 2.44. The Morgan fingerprint density at radius 2 is 2.14 bits per heavy atom. The van der Waals surface area contributed by atoms with Gasteiger partial charge in [0.15, 0.2) is 0 Å². The van der Waals surface area contributed by atoms with Gasteiger partial charge in [-0.1, -0.05) is 19.9 Å². The van der Waals surface area contributed by atoms with E-state index < -0.39 is 22.9 Å². The molecule has 2 atom stereocenters. The number of ether oxygens (including phenoxy) is 2. The van der Waals surface area contributed by atoms with Crippen molar-refractivity contribution in [3.05, 3.63) is 39.4 Å². The molecule has 120 valence electrons. The first-order valence-electron chi connectivity index (χ1n) is 7.43. The van der Waals surface area contributed by atoms with Gasteiger partial charge in [-0.3, -0.25) is 14.9 Å². The molecule has 0 aromatic heterocycles. The lowest BCUT2D eigenvalue weighted by molar-refractivity contribution is -0.497. The first-order valence-corrected chi connectivity index (χ1v) is 7.43. The van der Waals surface area contributed by atoms with Crippen molar-refractivity contribution in [3.8, 4) is 5.75 Å². The minimum absolute atomic E-state index is 0.102. The fourth-order valence-corrected chi connectivity index (χ4v) is 2.46. The molecule has 6 heteroatoms. The van der Waals surface area contributed by atoms with Gasteiger partial charge >= 0.3 is 5.97 Å². The predicted octanol–water partition coefficient (Wildman–Crippen LogP) is 2.71. The maximum atomic E-state index is 11.5. The summed E-state index contributed by atoms with van der Waals surface area (Å²) < 4.78 is 10.5. The summed E-state index contributed by atoms with van der Waals surface area (Å²) >= 11 is 0. The smallest absolute Gasteiger partial charge is 0.316 e. The van der Waals surface area contributed by atoms with Gasteiger partial charge in [0.1, 0.15) is 24.9 Å². The van der Waals surface area contributed by atoms with Gasteiger partial charge < -0.3 is 9.47 Å². The summed E-state index contributed by atoms with van der Waals surface area (Å²) in [4.78, 5) is 21.6. The highest BCUT2D eigenvalue weighted by molar-refractivity contribution is 5.76. The Morgan fingerprint density at radius 1 is 1.41 bits per heavy atom. The fraction of sp³-hybridized carbons (Fsp3) is 0.562. The van der Waals surface area contributed by atoms with Crippen LogP contribution in [-0.2, 0) is 9.53 Å². The molecule has 0 radical (unpaired) electrons. The number of carbonyl (C=O) groups is 1. The molecule has 0 spiro atoms. The zero-order chi connectivity index (χ0) is 16.3. The lowest BCUT2D eigenvalue weighted by Crippen LogP contribution is -2.17. The Labute approximate surface area is 129 Å². The van der Waals surface area contributed by atoms with Crippen molar-refractivity contribution in [3.63, 3.8) is 0 Å². The molecule has 1 saturated carbocycles. The second-order valence-electron chi connectivity index (χ2n) is 5.88. The molecule has 0 aliphatic heterocycles. The third kappa shape index (κ3) is 3.96. The molecular formula is C16H21NO5. The molecule has 6 nitrogen and oxygen atoms in total. The van der Waals surface area contributed by atoms with Gasteiger partial charge in [-0.25, -0.2) is 0 Å². The Bertz CT molecular complexity index is 570. The number of nitrogens with zero attached hydrogens (tertiary/aromatic N) is 1. The zero-order valence-corrected chi connectivity index (χ0v) is 13.1. The van der Waals surface area contributed by atoms with E-state index in [1.807, 2.05) is 25.1 Å². The van der Waals surface area contributed by atoms with E-state index in [0.29, 0.717) is 5.92 Å². The van der Waals surface area contributed by atoms with Crippen LogP contribution in [-0.4, -0.2) is 30.1 Å². The van der Waals surface area contributed by atoms with Gasteiger partial charge in [-0.2, -0.15) is 0 Å². The van der Waals surface area contributed by atoms with Gasteiger partial charge in [-0.15, -0.1) is 0 Å². The predicted molar refractivity (Wildman–Crippen MR) is 80.6 cm³/mol. The van der Waals surface area contributed by atoms with Crippen LogP contribution in [0.25, 0.3) is 0 Å². The molecule has 0 bridgehead atoms. The van der Waals surface area contributed by atoms with Gasteiger partial charge in [0, 0.05) is 11.3 Å². The molecule has 1 aromatic carbocycles. The SMILES string of the molecule is Cc1cc(OCCOC(=O)C2CC2[N+](=O)[O-])ccc1C(C)C. The van der Waals surface area contributed by atoms with Crippen LogP contribution >= 0.6 is 0 Å². The molecule has 0 amide bonds. The van der Waals surface area contributed by atoms with E-state index in [0.717, 1.165) is 11.3 Å². The highest BCUT2D eigenvalue weighted by Crippen LogP contribution is 2.34. The molecule has 1 aliphatic rings. The third-order valence-corrected chi connectivity index (χ3v) is 3.79. The summed E-state index contributed by atoms with van der Waals surface area (Å²) in [6.45, 7) is 6.65. The number of hydrogen-bond donors (Lipinski definition) is 0. The standard InChI is InChI=1S/C16H21NO5/c1-10(2)13-5-4-12(8-11(13)3)21-6-7-22-16(18)14-9-15(14)17(19)20/h4-5,8,10,14-15H,6-7,9H2,1-3H3. The lowest BCUT2D eigenvalue weighted by atomic mass is 9.98. The average molecular weight is 307 g/mol. The van der Waals surface area contributed by atoms with Crippen molar-refractivity contribution >= 4 is 5.97 Å². The van der Waals surface area contributed by atoms with Crippen molar-refractivity contribution < 1.29 is 19.2 Å². The van der Waals surface area contributed by atoms with E-state index in [4.69, 9.17) is 9.47 Å². The number of aryl methyl sites for hydroxylation is 1. The van der Waals surface area contributed by atoms with Crippen molar-refractivity contribution in [2.75, 3.05) is 13.2 Å². The summed E-state index contributed by atoms with van der Waals surface area (Å²) in [7, 11) is 0. The molecule has 2 rings (SSSR count). The maximum Gasteiger partial charge on any atom is 0.316 e. The van der Waals surface area contributed by atoms with Crippen molar-refractivity contribution in [1.82, 2.24) is 0 Å². The number of hydrogen-bond acceptors (Lipinski definition) is 5. The minimum atomic E-state index is -0.764. The van der Waals surface area contributed by atoms with Gasteiger partial charge in [0.2, 0.25) is 6.04 Å². The number of rotatable bonds is 7. The van der Waals surface area contributed by atoms with Crippen LogP contribution in [0.3, 0.4) is 0 Å². The van der Waals surface area contributed by atoms with E-state index in [1.54, 1.807) is 0 Å². The van der Waals surface area contributed by atoms with Crippen LogP contribution in [0.15, 0.2) is 18.2 Å². The maximum absolute atomic E-state index is 11.5. The molecule has 2 unspecified atom stereocenters. The van der Waals surface area contributed by atoms with E-state index in [1.165, 1.54) is 5.56 Å². The van der Waals surface area contributed by atoms with Gasteiger partial charge in [0.05, 0.1) is 0 Å². The lowest BCUT2D eigenvalue weighted by Gasteiger charge is -2.12. The highest BCUT2D eigenvalue weighted by atomic mass is 16.6. The number of esters is 1. The largest absolute Gasteiger partial charge is 0.490 e. The summed E-state index contributed by atoms with van der Waals surface area (Å²) in [5.74, 6) is 0.106. The fourth-order valence-electron chi connectivity index (χ4n) is 2.46. The van der Waals surface area contributed by atoms with Crippen LogP contribution in [0.5, 0.6) is 5.75 Å². The quantitative estimate of drug-likeness (QED) is 0.335. The monoisotopic (exact) mass is 307 g/mol. The number of carbonyl (C=O) groups excluding carboxylic acids is 1. The molecular weight excluding hydrogens is 286 g/mol. The Kier molecular flexibility index (Phi) is 5.00. The van der Waals surface area contributed by atoms with E-state index in [-0.39, 0.29) is 19.6 Å². The molecule has 22 heavy (non-hydrogen) atoms. The van der Waals surface area contributed by atoms with Crippen LogP contribution in [0, 0.1) is 23.0 Å². The van der Waals surface area contributed by atoms with Crippen LogP contribution in [0.2, 0.25) is 0 Å². The summed E-state index contributed by atoms with van der Waals surface area (Å²) in [5, 5.41) is 10.5. The van der Waals surface area contributed by atoms with Crippen LogP contribution < -0.4 is 4.74 Å². The van der Waals surface area contributed by atoms with Crippen molar-refractivity contribution in [1.29, 1.82) is 0 Å². The van der Waals surface area contributed by atoms with Crippen LogP contribution in [0.4, 0.5) is 0 Å². The average Bonchev–Trinajstić information content (AvgIpc) is 3.23. The van der Waals surface area contributed by atoms with Gasteiger partial charge in [0.25, 0.3) is 0 Å². The number of nitro groups is 1. The Balaban J connectivity index is 1.72. The topological polar surface area (TPSA) is 78.7 Å². The summed E-state index contributed by atoms with van der Waals surface area (Å²) in [6.07, 6.45) is 0.280. The minimum Gasteiger partial charge on any atom is -0.490 e. The van der Waals surface area contributed by atoms with Crippen molar-refractivity contribution in [2.24, 2.45) is 5.92 Å². The molecule has 0 saturated heterocycles. The van der Waals surface area contributed by atoms with E-state index in [2.05, 4.69) is 13.8 Å². The second-order valence-corrected chi connectivity index (χ2v) is 5.88. The third-order valence-electron chi connectivity index (χ3n) is 3.79. The molecule has 1 aromatic rings.